The third kappa shape index (κ3) is 1.95. The van der Waals surface area contributed by atoms with Crippen LogP contribution in [-0.2, 0) is 9.53 Å². The van der Waals surface area contributed by atoms with Crippen molar-refractivity contribution >= 4 is 5.91 Å². The predicted octanol–water partition coefficient (Wildman–Crippen LogP) is -0.153. The molecule has 1 fully saturated rings. The summed E-state index contributed by atoms with van der Waals surface area (Å²) < 4.78 is 4.95. The average Bonchev–Trinajstić information content (AvgIpc) is 2.24. The number of rotatable bonds is 3. The summed E-state index contributed by atoms with van der Waals surface area (Å²) >= 11 is 0. The van der Waals surface area contributed by atoms with Crippen LogP contribution < -0.4 is 10.6 Å². The molecule has 0 aromatic carbocycles. The van der Waals surface area contributed by atoms with Crippen molar-refractivity contribution in [2.24, 2.45) is 0 Å². The van der Waals surface area contributed by atoms with E-state index in [-0.39, 0.29) is 17.6 Å². The van der Waals surface area contributed by atoms with Crippen LogP contribution in [-0.4, -0.2) is 31.3 Å². The number of carbonyl (C=O) groups excluding carboxylic acids is 1. The number of amides is 1. The van der Waals surface area contributed by atoms with Crippen molar-refractivity contribution in [1.82, 2.24) is 10.6 Å². The van der Waals surface area contributed by atoms with E-state index < -0.39 is 0 Å². The molecule has 1 amide bonds. The van der Waals surface area contributed by atoms with E-state index in [0.29, 0.717) is 6.61 Å². The van der Waals surface area contributed by atoms with E-state index in [9.17, 15) is 4.79 Å². The van der Waals surface area contributed by atoms with Crippen molar-refractivity contribution in [2.45, 2.75) is 32.0 Å². The Bertz CT molecular complexity index is 184. The molecule has 0 aliphatic carbocycles. The van der Waals surface area contributed by atoms with Gasteiger partial charge in [-0.3, -0.25) is 10.1 Å². The SMILES string of the molecule is COCCC1(C)NC(=O)C(C)N1. The predicted molar refractivity (Wildman–Crippen MR) is 45.6 cm³/mol. The molecule has 0 saturated carbocycles. The van der Waals surface area contributed by atoms with Crippen molar-refractivity contribution < 1.29 is 9.53 Å². The van der Waals surface area contributed by atoms with Gasteiger partial charge < -0.3 is 10.1 Å². The van der Waals surface area contributed by atoms with Crippen LogP contribution in [0.1, 0.15) is 20.3 Å². The van der Waals surface area contributed by atoms with Crippen LogP contribution in [0.3, 0.4) is 0 Å². The van der Waals surface area contributed by atoms with Crippen molar-refractivity contribution in [2.75, 3.05) is 13.7 Å². The number of hydrogen-bond acceptors (Lipinski definition) is 3. The summed E-state index contributed by atoms with van der Waals surface area (Å²) in [5.74, 6) is 0.0635. The average molecular weight is 172 g/mol. The molecule has 0 spiro atoms. The smallest absolute Gasteiger partial charge is 0.238 e. The summed E-state index contributed by atoms with van der Waals surface area (Å²) in [7, 11) is 1.66. The van der Waals surface area contributed by atoms with E-state index >= 15 is 0 Å². The fourth-order valence-electron chi connectivity index (χ4n) is 1.40. The topological polar surface area (TPSA) is 50.4 Å². The summed E-state index contributed by atoms with van der Waals surface area (Å²) in [4.78, 5) is 11.1. The molecule has 0 aromatic rings. The highest BCUT2D eigenvalue weighted by Crippen LogP contribution is 2.12. The monoisotopic (exact) mass is 172 g/mol. The Hall–Kier alpha value is -0.610. The normalized spacial score (nSPS) is 35.2. The van der Waals surface area contributed by atoms with Crippen LogP contribution in [0.4, 0.5) is 0 Å². The van der Waals surface area contributed by atoms with Crippen LogP contribution in [0.5, 0.6) is 0 Å². The number of methoxy groups -OCH3 is 1. The minimum Gasteiger partial charge on any atom is -0.385 e. The van der Waals surface area contributed by atoms with Gasteiger partial charge in [0.15, 0.2) is 0 Å². The maximum absolute atomic E-state index is 11.1. The first kappa shape index (κ1) is 9.48. The van der Waals surface area contributed by atoms with Crippen LogP contribution >= 0.6 is 0 Å². The largest absolute Gasteiger partial charge is 0.385 e. The lowest BCUT2D eigenvalue weighted by molar-refractivity contribution is -0.120. The summed E-state index contributed by atoms with van der Waals surface area (Å²) in [6, 6.07) is -0.0909. The van der Waals surface area contributed by atoms with Gasteiger partial charge in [-0.15, -0.1) is 0 Å². The van der Waals surface area contributed by atoms with E-state index in [4.69, 9.17) is 4.74 Å². The highest BCUT2D eigenvalue weighted by atomic mass is 16.5. The van der Waals surface area contributed by atoms with Gasteiger partial charge in [0.25, 0.3) is 0 Å². The van der Waals surface area contributed by atoms with Crippen molar-refractivity contribution in [3.8, 4) is 0 Å². The molecule has 0 aromatic heterocycles. The van der Waals surface area contributed by atoms with Crippen molar-refractivity contribution in [3.63, 3.8) is 0 Å². The fourth-order valence-corrected chi connectivity index (χ4v) is 1.40. The Morgan fingerprint density at radius 2 is 2.33 bits per heavy atom. The molecule has 1 rings (SSSR count). The molecule has 0 bridgehead atoms. The lowest BCUT2D eigenvalue weighted by atomic mass is 10.1. The Morgan fingerprint density at radius 3 is 2.75 bits per heavy atom. The van der Waals surface area contributed by atoms with Gasteiger partial charge in [0.1, 0.15) is 0 Å². The molecule has 2 N–H and O–H groups in total. The van der Waals surface area contributed by atoms with Crippen LogP contribution in [0.2, 0.25) is 0 Å². The minimum atomic E-state index is -0.285. The molecule has 1 aliphatic heterocycles. The van der Waals surface area contributed by atoms with Gasteiger partial charge in [-0.25, -0.2) is 0 Å². The van der Waals surface area contributed by atoms with E-state index in [1.807, 2.05) is 13.8 Å². The number of ether oxygens (including phenoxy) is 1. The first-order valence-corrected chi connectivity index (χ1v) is 4.16. The Balaban J connectivity index is 2.46. The molecular weight excluding hydrogens is 156 g/mol. The second kappa shape index (κ2) is 3.41. The zero-order valence-electron chi connectivity index (χ0n) is 7.81. The van der Waals surface area contributed by atoms with Crippen molar-refractivity contribution in [1.29, 1.82) is 0 Å². The number of hydrogen-bond donors (Lipinski definition) is 2. The van der Waals surface area contributed by atoms with E-state index in [2.05, 4.69) is 10.6 Å². The lowest BCUT2D eigenvalue weighted by Gasteiger charge is -2.24. The maximum Gasteiger partial charge on any atom is 0.238 e. The second-order valence-electron chi connectivity index (χ2n) is 3.43. The third-order valence-electron chi connectivity index (χ3n) is 2.13. The standard InChI is InChI=1S/C8H16N2O2/c1-6-7(11)10-8(2,9-6)4-5-12-3/h6,9H,4-5H2,1-3H3,(H,10,11). The van der Waals surface area contributed by atoms with Crippen LogP contribution in [0, 0.1) is 0 Å². The Labute approximate surface area is 72.7 Å². The van der Waals surface area contributed by atoms with Gasteiger partial charge in [0, 0.05) is 20.1 Å². The molecule has 1 heterocycles. The first-order chi connectivity index (χ1) is 5.57. The zero-order valence-corrected chi connectivity index (χ0v) is 7.81. The van der Waals surface area contributed by atoms with Gasteiger partial charge in [0.2, 0.25) is 5.91 Å². The molecule has 4 heteroatoms. The minimum absolute atomic E-state index is 0.0635. The number of nitrogens with one attached hydrogen (secondary N) is 2. The van der Waals surface area contributed by atoms with E-state index in [0.717, 1.165) is 6.42 Å². The Kier molecular flexibility index (Phi) is 2.69. The van der Waals surface area contributed by atoms with Gasteiger partial charge in [0.05, 0.1) is 11.7 Å². The summed E-state index contributed by atoms with van der Waals surface area (Å²) in [5, 5.41) is 6.06. The van der Waals surface area contributed by atoms with Crippen LogP contribution in [0.15, 0.2) is 0 Å². The van der Waals surface area contributed by atoms with Crippen LogP contribution in [0.25, 0.3) is 0 Å². The molecule has 4 nitrogen and oxygen atoms in total. The zero-order chi connectivity index (χ0) is 9.19. The molecule has 12 heavy (non-hydrogen) atoms. The van der Waals surface area contributed by atoms with Gasteiger partial charge in [-0.2, -0.15) is 0 Å². The number of carbonyl (C=O) groups is 1. The second-order valence-corrected chi connectivity index (χ2v) is 3.43. The highest BCUT2D eigenvalue weighted by molar-refractivity contribution is 5.84. The highest BCUT2D eigenvalue weighted by Gasteiger charge is 2.36. The molecule has 70 valence electrons. The molecule has 1 aliphatic rings. The fraction of sp³-hybridized carbons (Fsp3) is 0.875. The summed E-state index contributed by atoms with van der Waals surface area (Å²) in [5.41, 5.74) is -0.285. The summed E-state index contributed by atoms with van der Waals surface area (Å²) in [6.07, 6.45) is 0.791. The van der Waals surface area contributed by atoms with E-state index in [1.165, 1.54) is 0 Å². The maximum atomic E-state index is 11.1. The van der Waals surface area contributed by atoms with Crippen molar-refractivity contribution in [3.05, 3.63) is 0 Å². The summed E-state index contributed by atoms with van der Waals surface area (Å²) in [6.45, 7) is 4.47. The van der Waals surface area contributed by atoms with E-state index in [1.54, 1.807) is 7.11 Å². The lowest BCUT2D eigenvalue weighted by Crippen LogP contribution is -2.48. The third-order valence-corrected chi connectivity index (χ3v) is 2.13. The first-order valence-electron chi connectivity index (χ1n) is 4.16. The molecule has 2 atom stereocenters. The van der Waals surface area contributed by atoms with Gasteiger partial charge in [-0.05, 0) is 13.8 Å². The molecule has 1 saturated heterocycles. The molecular formula is C8H16N2O2. The molecule has 2 unspecified atom stereocenters. The quantitative estimate of drug-likeness (QED) is 0.622. The molecule has 0 radical (unpaired) electrons. The Morgan fingerprint density at radius 1 is 1.67 bits per heavy atom. The van der Waals surface area contributed by atoms with Gasteiger partial charge in [-0.1, -0.05) is 0 Å². The van der Waals surface area contributed by atoms with Gasteiger partial charge >= 0.3 is 0 Å².